The van der Waals surface area contributed by atoms with Crippen LogP contribution in [-0.2, 0) is 20.0 Å². The number of sulfonamides is 2. The summed E-state index contributed by atoms with van der Waals surface area (Å²) in [5.74, 6) is -0.399. The molecule has 1 aromatic rings. The lowest BCUT2D eigenvalue weighted by molar-refractivity contribution is 0.578. The summed E-state index contributed by atoms with van der Waals surface area (Å²) >= 11 is 11.5. The Bertz CT molecular complexity index is 704. The zero-order valence-electron chi connectivity index (χ0n) is 10.4. The minimum absolute atomic E-state index is 0.0564. The van der Waals surface area contributed by atoms with Crippen LogP contribution in [0.1, 0.15) is 0 Å². The normalized spacial score (nSPS) is 12.6. The fourth-order valence-electron chi connectivity index (χ4n) is 1.25. The Kier molecular flexibility index (Phi) is 5.64. The molecule has 0 radical (unpaired) electrons. The van der Waals surface area contributed by atoms with Crippen LogP contribution >= 0.6 is 23.2 Å². The molecule has 0 amide bonds. The molecule has 7 nitrogen and oxygen atoms in total. The van der Waals surface area contributed by atoms with Gasteiger partial charge in [-0.1, -0.05) is 23.2 Å². The number of halogens is 2. The van der Waals surface area contributed by atoms with E-state index < -0.39 is 25.8 Å². The molecule has 0 bridgehead atoms. The molecule has 20 heavy (non-hydrogen) atoms. The lowest BCUT2D eigenvalue weighted by Crippen LogP contribution is -2.33. The van der Waals surface area contributed by atoms with E-state index in [0.29, 0.717) is 0 Å². The lowest BCUT2D eigenvalue weighted by atomic mass is 10.3. The number of nitrogens with one attached hydrogen (secondary N) is 2. The maximum atomic E-state index is 12.0. The number of anilines is 1. The van der Waals surface area contributed by atoms with Crippen LogP contribution < -0.4 is 15.2 Å². The van der Waals surface area contributed by atoms with E-state index in [4.69, 9.17) is 28.9 Å². The number of nitrogens with two attached hydrogens (primary N) is 1. The van der Waals surface area contributed by atoms with Gasteiger partial charge in [0, 0.05) is 6.54 Å². The molecule has 0 unspecified atom stereocenters. The standard InChI is InChI=1S/C9H13Cl2N3O4S2/c1-13-19(15,16)5-4-14-20(17,18)7-3-2-6(10)9(12)8(7)11/h2-3,13-14H,4-5,12H2,1H3. The first-order chi connectivity index (χ1) is 9.10. The first-order valence-electron chi connectivity index (χ1n) is 5.25. The van der Waals surface area contributed by atoms with Crippen LogP contribution in [0.2, 0.25) is 10.0 Å². The molecule has 0 saturated carbocycles. The molecule has 0 atom stereocenters. The highest BCUT2D eigenvalue weighted by molar-refractivity contribution is 7.90. The molecule has 0 aliphatic heterocycles. The van der Waals surface area contributed by atoms with Crippen molar-refractivity contribution in [3.63, 3.8) is 0 Å². The maximum absolute atomic E-state index is 12.0. The number of rotatable bonds is 6. The zero-order valence-corrected chi connectivity index (χ0v) is 13.5. The van der Waals surface area contributed by atoms with Crippen molar-refractivity contribution in [2.45, 2.75) is 4.90 Å². The van der Waals surface area contributed by atoms with Crippen molar-refractivity contribution in [3.8, 4) is 0 Å². The van der Waals surface area contributed by atoms with Crippen LogP contribution in [0.3, 0.4) is 0 Å². The van der Waals surface area contributed by atoms with Gasteiger partial charge in [-0.25, -0.2) is 26.3 Å². The molecular weight excluding hydrogens is 349 g/mol. The van der Waals surface area contributed by atoms with Crippen LogP contribution in [0.15, 0.2) is 17.0 Å². The molecule has 0 aromatic heterocycles. The quantitative estimate of drug-likeness (QED) is 0.633. The first-order valence-corrected chi connectivity index (χ1v) is 9.14. The minimum atomic E-state index is -3.97. The number of hydrogen-bond acceptors (Lipinski definition) is 5. The van der Waals surface area contributed by atoms with Crippen molar-refractivity contribution in [1.29, 1.82) is 0 Å². The minimum Gasteiger partial charge on any atom is -0.396 e. The van der Waals surface area contributed by atoms with Gasteiger partial charge in [0.1, 0.15) is 4.90 Å². The SMILES string of the molecule is CNS(=O)(=O)CCNS(=O)(=O)c1ccc(Cl)c(N)c1Cl. The van der Waals surface area contributed by atoms with E-state index >= 15 is 0 Å². The van der Waals surface area contributed by atoms with Gasteiger partial charge in [-0.05, 0) is 19.2 Å². The van der Waals surface area contributed by atoms with Crippen LogP contribution in [0, 0.1) is 0 Å². The molecule has 1 rings (SSSR count). The van der Waals surface area contributed by atoms with Crippen LogP contribution in [-0.4, -0.2) is 36.2 Å². The average molecular weight is 362 g/mol. The second-order valence-corrected chi connectivity index (χ2v) is 8.26. The number of hydrogen-bond donors (Lipinski definition) is 3. The lowest BCUT2D eigenvalue weighted by Gasteiger charge is -2.10. The smallest absolute Gasteiger partial charge is 0.242 e. The van der Waals surface area contributed by atoms with Gasteiger partial charge < -0.3 is 5.73 Å². The maximum Gasteiger partial charge on any atom is 0.242 e. The summed E-state index contributed by atoms with van der Waals surface area (Å²) in [5.41, 5.74) is 5.48. The monoisotopic (exact) mass is 361 g/mol. The molecule has 1 aromatic carbocycles. The van der Waals surface area contributed by atoms with E-state index in [1.54, 1.807) is 0 Å². The highest BCUT2D eigenvalue weighted by Crippen LogP contribution is 2.32. The van der Waals surface area contributed by atoms with E-state index in [-0.39, 0.29) is 27.2 Å². The molecule has 0 fully saturated rings. The van der Waals surface area contributed by atoms with Gasteiger partial charge in [0.25, 0.3) is 0 Å². The van der Waals surface area contributed by atoms with Gasteiger partial charge in [-0.3, -0.25) is 0 Å². The highest BCUT2D eigenvalue weighted by atomic mass is 35.5. The summed E-state index contributed by atoms with van der Waals surface area (Å²) in [6, 6.07) is 2.48. The summed E-state index contributed by atoms with van der Waals surface area (Å²) in [5, 5.41) is -0.0758. The van der Waals surface area contributed by atoms with E-state index in [1.165, 1.54) is 19.2 Å². The molecule has 0 aliphatic rings. The fraction of sp³-hybridized carbons (Fsp3) is 0.333. The van der Waals surface area contributed by atoms with Crippen LogP contribution in [0.5, 0.6) is 0 Å². The van der Waals surface area contributed by atoms with Gasteiger partial charge in [-0.2, -0.15) is 0 Å². The molecule has 114 valence electrons. The zero-order chi connectivity index (χ0) is 15.6. The van der Waals surface area contributed by atoms with E-state index in [0.717, 1.165) is 0 Å². The first kappa shape index (κ1) is 17.5. The largest absolute Gasteiger partial charge is 0.396 e. The van der Waals surface area contributed by atoms with Crippen LogP contribution in [0.25, 0.3) is 0 Å². The summed E-state index contributed by atoms with van der Waals surface area (Å²) in [4.78, 5) is -0.261. The van der Waals surface area contributed by atoms with E-state index in [1.807, 2.05) is 0 Å². The Morgan fingerprint density at radius 2 is 1.80 bits per heavy atom. The van der Waals surface area contributed by atoms with Gasteiger partial charge in [-0.15, -0.1) is 0 Å². The molecule has 0 saturated heterocycles. The summed E-state index contributed by atoms with van der Waals surface area (Å²) < 4.78 is 50.5. The van der Waals surface area contributed by atoms with Crippen molar-refractivity contribution < 1.29 is 16.8 Å². The summed E-state index contributed by atoms with van der Waals surface area (Å²) in [7, 11) is -6.24. The summed E-state index contributed by atoms with van der Waals surface area (Å²) in [6.45, 7) is -0.301. The second-order valence-electron chi connectivity index (χ2n) is 3.69. The third kappa shape index (κ3) is 4.21. The topological polar surface area (TPSA) is 118 Å². The Labute approximate surface area is 127 Å². The molecule has 4 N–H and O–H groups in total. The van der Waals surface area contributed by atoms with Gasteiger partial charge in [0.15, 0.2) is 0 Å². The van der Waals surface area contributed by atoms with Crippen molar-refractivity contribution in [1.82, 2.24) is 9.44 Å². The van der Waals surface area contributed by atoms with Gasteiger partial charge >= 0.3 is 0 Å². The molecule has 11 heteroatoms. The third-order valence-electron chi connectivity index (χ3n) is 2.35. The average Bonchev–Trinajstić information content (AvgIpc) is 2.35. The van der Waals surface area contributed by atoms with Crippen molar-refractivity contribution in [3.05, 3.63) is 22.2 Å². The van der Waals surface area contributed by atoms with Gasteiger partial charge in [0.05, 0.1) is 21.5 Å². The highest BCUT2D eigenvalue weighted by Gasteiger charge is 2.21. The fourth-order valence-corrected chi connectivity index (χ4v) is 3.75. The van der Waals surface area contributed by atoms with Crippen molar-refractivity contribution >= 4 is 48.9 Å². The predicted octanol–water partition coefficient (Wildman–Crippen LogP) is 0.403. The second kappa shape index (κ2) is 6.46. The number of nitrogen functional groups attached to an aromatic ring is 1. The Morgan fingerprint density at radius 3 is 2.35 bits per heavy atom. The predicted molar refractivity (Wildman–Crippen MR) is 78.9 cm³/mol. The molecule has 0 heterocycles. The van der Waals surface area contributed by atoms with Crippen LogP contribution in [0.4, 0.5) is 5.69 Å². The van der Waals surface area contributed by atoms with Gasteiger partial charge in [0.2, 0.25) is 20.0 Å². The van der Waals surface area contributed by atoms with Crippen molar-refractivity contribution in [2.75, 3.05) is 25.1 Å². The molecule has 0 aliphatic carbocycles. The Morgan fingerprint density at radius 1 is 1.20 bits per heavy atom. The number of benzene rings is 1. The molecule has 0 spiro atoms. The third-order valence-corrected chi connectivity index (χ3v) is 6.07. The Hall–Kier alpha value is -0.580. The van der Waals surface area contributed by atoms with E-state index in [9.17, 15) is 16.8 Å². The molecular formula is C9H13Cl2N3O4S2. The van der Waals surface area contributed by atoms with Crippen molar-refractivity contribution in [2.24, 2.45) is 0 Å². The van der Waals surface area contributed by atoms with E-state index in [2.05, 4.69) is 9.44 Å². The Balaban J connectivity index is 2.93. The summed E-state index contributed by atoms with van der Waals surface area (Å²) in [6.07, 6.45) is 0.